The first-order valence-corrected chi connectivity index (χ1v) is 9.04. The van der Waals surface area contributed by atoms with Crippen molar-refractivity contribution in [1.29, 1.82) is 0 Å². The summed E-state index contributed by atoms with van der Waals surface area (Å²) in [6.45, 7) is 1.98. The Bertz CT molecular complexity index is 611. The minimum absolute atomic E-state index is 0.260. The minimum atomic E-state index is -3.47. The largest absolute Gasteiger partial charge is 0.486 e. The molecule has 0 radical (unpaired) electrons. The van der Waals surface area contributed by atoms with Gasteiger partial charge >= 0.3 is 0 Å². The summed E-state index contributed by atoms with van der Waals surface area (Å²) in [5.41, 5.74) is 0. The van der Waals surface area contributed by atoms with Gasteiger partial charge in [-0.1, -0.05) is 0 Å². The summed E-state index contributed by atoms with van der Waals surface area (Å²) in [4.78, 5) is 0.260. The Morgan fingerprint density at radius 3 is 2.48 bits per heavy atom. The number of sulfonamides is 1. The first-order valence-electron chi connectivity index (χ1n) is 7.07. The number of piperidine rings is 1. The summed E-state index contributed by atoms with van der Waals surface area (Å²) in [6.07, 6.45) is 1.63. The molecule has 5 nitrogen and oxygen atoms in total. The second-order valence-corrected chi connectivity index (χ2v) is 7.55. The highest BCUT2D eigenvalue weighted by molar-refractivity contribution is 7.89. The molecule has 0 aliphatic carbocycles. The molecular formula is C14H18ClNO4S. The van der Waals surface area contributed by atoms with Gasteiger partial charge in [0.1, 0.15) is 13.2 Å². The molecule has 1 aromatic rings. The fraction of sp³-hybridized carbons (Fsp3) is 0.571. The van der Waals surface area contributed by atoms with E-state index in [1.54, 1.807) is 18.2 Å². The van der Waals surface area contributed by atoms with Crippen LogP contribution in [0, 0.1) is 5.92 Å². The van der Waals surface area contributed by atoms with Crippen molar-refractivity contribution in [1.82, 2.24) is 4.31 Å². The summed E-state index contributed by atoms with van der Waals surface area (Å²) in [6, 6.07) is 4.79. The number of nitrogens with zero attached hydrogens (tertiary/aromatic N) is 1. The average molecular weight is 332 g/mol. The van der Waals surface area contributed by atoms with Crippen LogP contribution in [0.4, 0.5) is 0 Å². The monoisotopic (exact) mass is 331 g/mol. The summed E-state index contributed by atoms with van der Waals surface area (Å²) in [5, 5.41) is 0. The van der Waals surface area contributed by atoms with E-state index in [9.17, 15) is 8.42 Å². The lowest BCUT2D eigenvalue weighted by atomic mass is 10.0. The third-order valence-electron chi connectivity index (χ3n) is 3.94. The van der Waals surface area contributed by atoms with Crippen LogP contribution >= 0.6 is 11.6 Å². The van der Waals surface area contributed by atoms with Crippen LogP contribution in [0.3, 0.4) is 0 Å². The lowest BCUT2D eigenvalue weighted by molar-refractivity contribution is 0.171. The van der Waals surface area contributed by atoms with Crippen molar-refractivity contribution in [3.05, 3.63) is 18.2 Å². The molecule has 116 valence electrons. The maximum atomic E-state index is 12.7. The Balaban J connectivity index is 1.82. The maximum absolute atomic E-state index is 12.7. The summed E-state index contributed by atoms with van der Waals surface area (Å²) < 4.78 is 37.7. The Hall–Kier alpha value is -0.980. The number of alkyl halides is 1. The molecule has 0 atom stereocenters. The van der Waals surface area contributed by atoms with E-state index in [4.69, 9.17) is 21.1 Å². The van der Waals surface area contributed by atoms with E-state index >= 15 is 0 Å². The van der Waals surface area contributed by atoms with Crippen LogP contribution in [0.2, 0.25) is 0 Å². The van der Waals surface area contributed by atoms with Crippen LogP contribution in [0.15, 0.2) is 23.1 Å². The van der Waals surface area contributed by atoms with Gasteiger partial charge in [-0.25, -0.2) is 8.42 Å². The van der Waals surface area contributed by atoms with Crippen LogP contribution in [-0.4, -0.2) is 44.9 Å². The normalized spacial score (nSPS) is 20.4. The van der Waals surface area contributed by atoms with E-state index in [0.29, 0.717) is 49.6 Å². The van der Waals surface area contributed by atoms with Gasteiger partial charge in [-0.15, -0.1) is 11.6 Å². The van der Waals surface area contributed by atoms with Gasteiger partial charge in [-0.2, -0.15) is 4.31 Å². The topological polar surface area (TPSA) is 55.8 Å². The summed E-state index contributed by atoms with van der Waals surface area (Å²) in [5.74, 6) is 2.11. The van der Waals surface area contributed by atoms with Gasteiger partial charge in [0.05, 0.1) is 4.90 Å². The van der Waals surface area contributed by atoms with E-state index in [0.717, 1.165) is 12.8 Å². The Morgan fingerprint density at radius 1 is 1.14 bits per heavy atom. The molecule has 0 spiro atoms. The second kappa shape index (κ2) is 6.02. The highest BCUT2D eigenvalue weighted by atomic mass is 35.5. The van der Waals surface area contributed by atoms with Crippen molar-refractivity contribution in [2.24, 2.45) is 5.92 Å². The molecular weight excluding hydrogens is 314 g/mol. The van der Waals surface area contributed by atoms with Crippen molar-refractivity contribution in [3.63, 3.8) is 0 Å². The van der Waals surface area contributed by atoms with Crippen molar-refractivity contribution < 1.29 is 17.9 Å². The van der Waals surface area contributed by atoms with Crippen LogP contribution < -0.4 is 9.47 Å². The van der Waals surface area contributed by atoms with Gasteiger partial charge in [0.2, 0.25) is 10.0 Å². The number of ether oxygens (including phenoxy) is 2. The average Bonchev–Trinajstić information content (AvgIpc) is 2.54. The van der Waals surface area contributed by atoms with Crippen molar-refractivity contribution in [2.45, 2.75) is 17.7 Å². The number of hydrogen-bond acceptors (Lipinski definition) is 4. The molecule has 1 aromatic carbocycles. The van der Waals surface area contributed by atoms with Crippen LogP contribution in [0.5, 0.6) is 11.5 Å². The highest BCUT2D eigenvalue weighted by Gasteiger charge is 2.30. The minimum Gasteiger partial charge on any atom is -0.486 e. The molecule has 0 amide bonds. The van der Waals surface area contributed by atoms with Crippen molar-refractivity contribution >= 4 is 21.6 Å². The molecule has 0 N–H and O–H groups in total. The van der Waals surface area contributed by atoms with E-state index in [-0.39, 0.29) is 4.90 Å². The van der Waals surface area contributed by atoms with Crippen molar-refractivity contribution in [3.8, 4) is 11.5 Å². The Labute approximate surface area is 129 Å². The predicted molar refractivity (Wildman–Crippen MR) is 79.6 cm³/mol. The zero-order chi connectivity index (χ0) is 14.9. The predicted octanol–water partition coefficient (Wildman–Crippen LogP) is 2.10. The lowest BCUT2D eigenvalue weighted by Gasteiger charge is -2.30. The number of rotatable bonds is 3. The zero-order valence-corrected chi connectivity index (χ0v) is 13.2. The molecule has 0 aromatic heterocycles. The van der Waals surface area contributed by atoms with Gasteiger partial charge in [0.15, 0.2) is 11.5 Å². The fourth-order valence-electron chi connectivity index (χ4n) is 2.64. The third kappa shape index (κ3) is 2.98. The van der Waals surface area contributed by atoms with Gasteiger partial charge in [-0.05, 0) is 30.9 Å². The second-order valence-electron chi connectivity index (χ2n) is 5.31. The zero-order valence-electron chi connectivity index (χ0n) is 11.6. The molecule has 7 heteroatoms. The van der Waals surface area contributed by atoms with E-state index in [1.807, 2.05) is 0 Å². The third-order valence-corrected chi connectivity index (χ3v) is 6.27. The first kappa shape index (κ1) is 14.9. The number of fused-ring (bicyclic) bond motifs is 1. The fourth-order valence-corrected chi connectivity index (χ4v) is 4.43. The molecule has 0 unspecified atom stereocenters. The number of hydrogen-bond donors (Lipinski definition) is 0. The van der Waals surface area contributed by atoms with E-state index in [2.05, 4.69) is 0 Å². The maximum Gasteiger partial charge on any atom is 0.243 e. The van der Waals surface area contributed by atoms with E-state index in [1.165, 1.54) is 4.31 Å². The molecule has 1 saturated heterocycles. The van der Waals surface area contributed by atoms with Crippen molar-refractivity contribution in [2.75, 3.05) is 32.2 Å². The highest BCUT2D eigenvalue weighted by Crippen LogP contribution is 2.34. The van der Waals surface area contributed by atoms with Gasteiger partial charge < -0.3 is 9.47 Å². The smallest absolute Gasteiger partial charge is 0.243 e. The molecule has 2 aliphatic heterocycles. The van der Waals surface area contributed by atoms with Gasteiger partial charge in [0, 0.05) is 25.0 Å². The molecule has 0 saturated carbocycles. The standard InChI is InChI=1S/C14H18ClNO4S/c15-10-11-3-5-16(6-4-11)21(17,18)12-1-2-13-14(9-12)20-8-7-19-13/h1-2,9,11H,3-8,10H2. The van der Waals surface area contributed by atoms with Crippen LogP contribution in [0.1, 0.15) is 12.8 Å². The quantitative estimate of drug-likeness (QED) is 0.796. The van der Waals surface area contributed by atoms with Gasteiger partial charge in [-0.3, -0.25) is 0 Å². The molecule has 2 aliphatic rings. The molecule has 2 heterocycles. The summed E-state index contributed by atoms with van der Waals surface area (Å²) in [7, 11) is -3.47. The molecule has 3 rings (SSSR count). The first-order chi connectivity index (χ1) is 10.1. The van der Waals surface area contributed by atoms with Crippen LogP contribution in [-0.2, 0) is 10.0 Å². The molecule has 1 fully saturated rings. The number of halogens is 1. The Kier molecular flexibility index (Phi) is 4.28. The summed E-state index contributed by atoms with van der Waals surface area (Å²) >= 11 is 5.84. The van der Waals surface area contributed by atoms with Crippen LogP contribution in [0.25, 0.3) is 0 Å². The molecule has 0 bridgehead atoms. The number of benzene rings is 1. The SMILES string of the molecule is O=S(=O)(c1ccc2c(c1)OCCO2)N1CCC(CCl)CC1. The van der Waals surface area contributed by atoms with Gasteiger partial charge in [0.25, 0.3) is 0 Å². The Morgan fingerprint density at radius 2 is 1.81 bits per heavy atom. The lowest BCUT2D eigenvalue weighted by Crippen LogP contribution is -2.38. The molecule has 21 heavy (non-hydrogen) atoms. The van der Waals surface area contributed by atoms with E-state index < -0.39 is 10.0 Å².